The molecule has 0 aliphatic heterocycles. The van der Waals surface area contributed by atoms with Crippen LogP contribution in [0.3, 0.4) is 0 Å². The molecule has 0 spiro atoms. The maximum atomic E-state index is 11.2. The molecule has 178 valence electrons. The molecule has 0 aromatic heterocycles. The van der Waals surface area contributed by atoms with E-state index in [-0.39, 0.29) is 18.1 Å². The Bertz CT molecular complexity index is 1020. The molecule has 34 heavy (non-hydrogen) atoms. The molecule has 4 rings (SSSR count). The number of carbonyl (C=O) groups is 1. The molecule has 0 saturated heterocycles. The van der Waals surface area contributed by atoms with Gasteiger partial charge in [-0.2, -0.15) is 0 Å². The molecule has 1 saturated carbocycles. The van der Waals surface area contributed by atoms with E-state index in [0.29, 0.717) is 12.5 Å². The summed E-state index contributed by atoms with van der Waals surface area (Å²) < 4.78 is 12.2. The Morgan fingerprint density at radius 2 is 1.50 bits per heavy atom. The summed E-state index contributed by atoms with van der Waals surface area (Å²) >= 11 is 0. The fourth-order valence-corrected chi connectivity index (χ4v) is 4.67. The predicted molar refractivity (Wildman–Crippen MR) is 136 cm³/mol. The number of hydrogen-bond donors (Lipinski definition) is 1. The lowest BCUT2D eigenvalue weighted by Crippen LogP contribution is -2.25. The third-order valence-electron chi connectivity index (χ3n) is 6.59. The van der Waals surface area contributed by atoms with Crippen LogP contribution in [0.2, 0.25) is 0 Å². The van der Waals surface area contributed by atoms with Crippen LogP contribution in [0.4, 0.5) is 0 Å². The van der Waals surface area contributed by atoms with Crippen LogP contribution < -0.4 is 14.8 Å². The van der Waals surface area contributed by atoms with E-state index in [0.717, 1.165) is 36.3 Å². The van der Waals surface area contributed by atoms with Gasteiger partial charge in [0, 0.05) is 6.92 Å². The van der Waals surface area contributed by atoms with Crippen molar-refractivity contribution in [3.8, 4) is 11.5 Å². The van der Waals surface area contributed by atoms with Gasteiger partial charge in [-0.15, -0.1) is 0 Å². The van der Waals surface area contributed by atoms with Crippen LogP contribution in [-0.4, -0.2) is 12.0 Å². The van der Waals surface area contributed by atoms with Gasteiger partial charge in [0.1, 0.15) is 18.1 Å². The summed E-state index contributed by atoms with van der Waals surface area (Å²) in [6.45, 7) is 4.13. The van der Waals surface area contributed by atoms with Gasteiger partial charge in [-0.05, 0) is 85.9 Å². The van der Waals surface area contributed by atoms with Gasteiger partial charge >= 0.3 is 0 Å². The first-order valence-corrected chi connectivity index (χ1v) is 12.3. The minimum absolute atomic E-state index is 0.00600. The fraction of sp³-hybridized carbons (Fsp3) is 0.367. The van der Waals surface area contributed by atoms with Gasteiger partial charge < -0.3 is 14.8 Å². The van der Waals surface area contributed by atoms with E-state index in [1.807, 2.05) is 49.4 Å². The van der Waals surface area contributed by atoms with Crippen molar-refractivity contribution < 1.29 is 14.3 Å². The Morgan fingerprint density at radius 1 is 0.853 bits per heavy atom. The molecule has 1 aliphatic carbocycles. The van der Waals surface area contributed by atoms with E-state index in [4.69, 9.17) is 9.47 Å². The lowest BCUT2D eigenvalue weighted by Gasteiger charge is -2.29. The zero-order valence-electron chi connectivity index (χ0n) is 20.2. The van der Waals surface area contributed by atoms with Crippen LogP contribution >= 0.6 is 0 Å². The Morgan fingerprint density at radius 3 is 2.15 bits per heavy atom. The molecule has 0 unspecified atom stereocenters. The van der Waals surface area contributed by atoms with Gasteiger partial charge in [0.2, 0.25) is 5.91 Å². The highest BCUT2D eigenvalue weighted by atomic mass is 16.5. The molecule has 4 nitrogen and oxygen atoms in total. The van der Waals surface area contributed by atoms with Crippen molar-refractivity contribution in [1.29, 1.82) is 0 Å². The Kier molecular flexibility index (Phi) is 8.24. The van der Waals surface area contributed by atoms with Crippen molar-refractivity contribution in [3.05, 3.63) is 95.6 Å². The third-order valence-corrected chi connectivity index (χ3v) is 6.59. The fourth-order valence-electron chi connectivity index (χ4n) is 4.67. The highest BCUT2D eigenvalue weighted by Gasteiger charge is 2.22. The first kappa shape index (κ1) is 23.9. The Hall–Kier alpha value is -3.27. The molecule has 1 N–H and O–H groups in total. The lowest BCUT2D eigenvalue weighted by atomic mass is 9.83. The second-order valence-corrected chi connectivity index (χ2v) is 9.37. The molecule has 3 aromatic carbocycles. The van der Waals surface area contributed by atoms with E-state index in [1.165, 1.54) is 24.0 Å². The third kappa shape index (κ3) is 7.11. The highest BCUT2D eigenvalue weighted by molar-refractivity contribution is 5.73. The van der Waals surface area contributed by atoms with Gasteiger partial charge in [-0.1, -0.05) is 54.6 Å². The van der Waals surface area contributed by atoms with Crippen LogP contribution in [0.15, 0.2) is 78.9 Å². The van der Waals surface area contributed by atoms with Crippen LogP contribution in [0.25, 0.3) is 0 Å². The van der Waals surface area contributed by atoms with Crippen molar-refractivity contribution in [3.63, 3.8) is 0 Å². The van der Waals surface area contributed by atoms with Crippen molar-refractivity contribution in [1.82, 2.24) is 5.32 Å². The molecule has 4 heteroatoms. The van der Waals surface area contributed by atoms with Gasteiger partial charge in [0.25, 0.3) is 0 Å². The summed E-state index contributed by atoms with van der Waals surface area (Å²) in [5.74, 6) is 2.52. The SMILES string of the molecule is CC(=O)N[C@@H](C)c1ccc(OC2CCC(Cc3ccc(OCc4ccccc4)cc3)CC2)cc1. The van der Waals surface area contributed by atoms with E-state index >= 15 is 0 Å². The molecular weight excluding hydrogens is 422 g/mol. The van der Waals surface area contributed by atoms with Gasteiger partial charge in [-0.3, -0.25) is 4.79 Å². The van der Waals surface area contributed by atoms with Crippen molar-refractivity contribution in [2.45, 2.75) is 64.7 Å². The second-order valence-electron chi connectivity index (χ2n) is 9.37. The molecule has 1 fully saturated rings. The summed E-state index contributed by atoms with van der Waals surface area (Å²) in [5, 5.41) is 2.91. The largest absolute Gasteiger partial charge is 0.490 e. The van der Waals surface area contributed by atoms with Crippen LogP contribution in [0.1, 0.15) is 62.3 Å². The minimum Gasteiger partial charge on any atom is -0.490 e. The van der Waals surface area contributed by atoms with Crippen LogP contribution in [0.5, 0.6) is 11.5 Å². The van der Waals surface area contributed by atoms with Crippen molar-refractivity contribution >= 4 is 5.91 Å². The summed E-state index contributed by atoms with van der Waals surface area (Å²) in [4.78, 5) is 11.2. The van der Waals surface area contributed by atoms with E-state index in [1.54, 1.807) is 6.92 Å². The number of nitrogens with one attached hydrogen (secondary N) is 1. The Balaban J connectivity index is 1.19. The predicted octanol–water partition coefficient (Wildman–Crippen LogP) is 6.64. The molecule has 1 aliphatic rings. The topological polar surface area (TPSA) is 47.6 Å². The van der Waals surface area contributed by atoms with Gasteiger partial charge in [0.15, 0.2) is 0 Å². The minimum atomic E-state index is -0.0167. The molecule has 0 radical (unpaired) electrons. The van der Waals surface area contributed by atoms with Crippen LogP contribution in [0, 0.1) is 5.92 Å². The van der Waals surface area contributed by atoms with Crippen molar-refractivity contribution in [2.75, 3.05) is 0 Å². The standard InChI is InChI=1S/C30H35NO3/c1-22(31-23(2)32)27-12-18-30(19-13-27)34-29-16-10-25(11-17-29)20-24-8-14-28(15-9-24)33-21-26-6-4-3-5-7-26/h3-9,12-15,18-19,22,25,29H,10-11,16-17,20-21H2,1-2H3,(H,31,32)/t22-,25?,29?/m0/s1. The van der Waals surface area contributed by atoms with Gasteiger partial charge in [0.05, 0.1) is 12.1 Å². The summed E-state index contributed by atoms with van der Waals surface area (Å²) in [6.07, 6.45) is 5.95. The second kappa shape index (κ2) is 11.7. The van der Waals surface area contributed by atoms with Crippen molar-refractivity contribution in [2.24, 2.45) is 5.92 Å². The number of amides is 1. The molecule has 1 atom stereocenters. The zero-order valence-corrected chi connectivity index (χ0v) is 20.2. The summed E-state index contributed by atoms with van der Waals surface area (Å²) in [5.41, 5.74) is 3.64. The van der Waals surface area contributed by atoms with Gasteiger partial charge in [-0.25, -0.2) is 0 Å². The Labute approximate surface area is 203 Å². The monoisotopic (exact) mass is 457 g/mol. The molecule has 0 bridgehead atoms. The zero-order chi connectivity index (χ0) is 23.8. The smallest absolute Gasteiger partial charge is 0.217 e. The maximum Gasteiger partial charge on any atom is 0.217 e. The van der Waals surface area contributed by atoms with Crippen LogP contribution in [-0.2, 0) is 17.8 Å². The number of hydrogen-bond acceptors (Lipinski definition) is 3. The quantitative estimate of drug-likeness (QED) is 0.392. The molecule has 0 heterocycles. The average Bonchev–Trinajstić information content (AvgIpc) is 2.85. The highest BCUT2D eigenvalue weighted by Crippen LogP contribution is 2.31. The van der Waals surface area contributed by atoms with E-state index in [2.05, 4.69) is 41.7 Å². The average molecular weight is 458 g/mol. The number of ether oxygens (including phenoxy) is 2. The first-order valence-electron chi connectivity index (χ1n) is 12.3. The molecule has 1 amide bonds. The molecule has 3 aromatic rings. The summed E-state index contributed by atoms with van der Waals surface area (Å²) in [6, 6.07) is 26.9. The lowest BCUT2D eigenvalue weighted by molar-refractivity contribution is -0.119. The normalized spacial score (nSPS) is 18.6. The van der Waals surface area contributed by atoms with E-state index in [9.17, 15) is 4.79 Å². The number of rotatable bonds is 9. The first-order chi connectivity index (χ1) is 16.5. The summed E-state index contributed by atoms with van der Waals surface area (Å²) in [7, 11) is 0. The van der Waals surface area contributed by atoms with E-state index < -0.39 is 0 Å². The maximum absolute atomic E-state index is 11.2. The molecular formula is C30H35NO3. The number of benzene rings is 3. The number of carbonyl (C=O) groups excluding carboxylic acids is 1.